The molecule has 0 radical (unpaired) electrons. The van der Waals surface area contributed by atoms with Crippen LogP contribution in [0.3, 0.4) is 0 Å². The topological polar surface area (TPSA) is 52.8 Å². The summed E-state index contributed by atoms with van der Waals surface area (Å²) in [6.07, 6.45) is 0. The van der Waals surface area contributed by atoms with Gasteiger partial charge in [0.1, 0.15) is 0 Å². The molecule has 0 amide bonds. The van der Waals surface area contributed by atoms with E-state index in [0.717, 1.165) is 0 Å². The van der Waals surface area contributed by atoms with Crippen molar-refractivity contribution < 1.29 is 9.79 Å². The number of aliphatic imine (C=N–C) groups is 1. The van der Waals surface area contributed by atoms with Crippen molar-refractivity contribution in [3.05, 3.63) is 30.3 Å². The molecule has 2 N–H and O–H groups in total. The van der Waals surface area contributed by atoms with Crippen LogP contribution in [0, 0.1) is 0 Å². The lowest BCUT2D eigenvalue weighted by Crippen LogP contribution is -2.10. The Balaban J connectivity index is 2.97. The van der Waals surface area contributed by atoms with Gasteiger partial charge in [0.25, 0.3) is 0 Å². The molecule has 64 valence electrons. The third-order valence-corrected chi connectivity index (χ3v) is 3.02. The van der Waals surface area contributed by atoms with Gasteiger partial charge in [-0.15, -0.1) is 0 Å². The van der Waals surface area contributed by atoms with Gasteiger partial charge in [-0.05, 0) is 12.1 Å². The van der Waals surface area contributed by atoms with Gasteiger partial charge < -0.3 is 0 Å². The number of rotatable bonds is 2. The van der Waals surface area contributed by atoms with Gasteiger partial charge in [0.05, 0.1) is 0 Å². The molecule has 0 heterocycles. The fourth-order valence-corrected chi connectivity index (χ4v) is 1.94. The van der Waals surface area contributed by atoms with Crippen molar-refractivity contribution >= 4 is 19.0 Å². The Bertz CT molecular complexity index is 272. The van der Waals surface area contributed by atoms with Crippen molar-refractivity contribution in [2.24, 2.45) is 4.99 Å². The first-order chi connectivity index (χ1) is 5.67. The van der Waals surface area contributed by atoms with Crippen LogP contribution in [-0.2, 0) is 0 Å². The average molecular weight is 184 g/mol. The third-order valence-electron chi connectivity index (χ3n) is 1.41. The zero-order chi connectivity index (χ0) is 9.03. The minimum absolute atomic E-state index is 0.524. The zero-order valence-electron chi connectivity index (χ0n) is 6.75. The van der Waals surface area contributed by atoms with Crippen molar-refractivity contribution in [2.45, 2.75) is 0 Å². The first kappa shape index (κ1) is 9.33. The molecule has 0 bridgehead atoms. The van der Waals surface area contributed by atoms with Crippen LogP contribution in [0.1, 0.15) is 0 Å². The van der Waals surface area contributed by atoms with E-state index in [1.165, 1.54) is 13.0 Å². The second kappa shape index (κ2) is 3.76. The summed E-state index contributed by atoms with van der Waals surface area (Å²) in [4.78, 5) is 22.6. The van der Waals surface area contributed by atoms with E-state index in [-0.39, 0.29) is 0 Å². The maximum Gasteiger partial charge on any atom is 0.344 e. The largest absolute Gasteiger partial charge is 0.344 e. The van der Waals surface area contributed by atoms with Crippen LogP contribution in [0.5, 0.6) is 0 Å². The summed E-state index contributed by atoms with van der Waals surface area (Å²) in [5, 5.41) is 0.524. The maximum absolute atomic E-state index is 9.50. The van der Waals surface area contributed by atoms with Crippen LogP contribution in [0.2, 0.25) is 0 Å². The summed E-state index contributed by atoms with van der Waals surface area (Å²) < 4.78 is 0. The first-order valence-electron chi connectivity index (χ1n) is 3.50. The SMILES string of the molecule is CN=C[P+](O)(O)c1ccccc1. The predicted octanol–water partition coefficient (Wildman–Crippen LogP) is 0.802. The summed E-state index contributed by atoms with van der Waals surface area (Å²) in [5.74, 6) is 1.20. The van der Waals surface area contributed by atoms with Gasteiger partial charge in [-0.25, -0.2) is 9.79 Å². The number of hydrogen-bond acceptors (Lipinski definition) is 3. The van der Waals surface area contributed by atoms with Gasteiger partial charge in [-0.2, -0.15) is 0 Å². The zero-order valence-corrected chi connectivity index (χ0v) is 7.65. The molecule has 1 aromatic carbocycles. The maximum atomic E-state index is 9.50. The Kier molecular flexibility index (Phi) is 2.93. The van der Waals surface area contributed by atoms with Crippen molar-refractivity contribution in [1.29, 1.82) is 0 Å². The molecule has 0 saturated heterocycles. The fraction of sp³-hybridized carbons (Fsp3) is 0.125. The molecule has 0 aliphatic carbocycles. The van der Waals surface area contributed by atoms with Gasteiger partial charge >= 0.3 is 7.72 Å². The highest BCUT2D eigenvalue weighted by Gasteiger charge is 2.33. The highest BCUT2D eigenvalue weighted by molar-refractivity contribution is 7.85. The Morgan fingerprint density at radius 2 is 1.83 bits per heavy atom. The second-order valence-electron chi connectivity index (χ2n) is 2.36. The highest BCUT2D eigenvalue weighted by Crippen LogP contribution is 2.44. The Hall–Kier alpha value is -0.760. The molecule has 0 unspecified atom stereocenters. The minimum Gasteiger partial charge on any atom is -0.257 e. The fourth-order valence-electron chi connectivity index (χ4n) is 0.875. The Morgan fingerprint density at radius 3 is 2.33 bits per heavy atom. The normalized spacial score (nSPS) is 12.2. The van der Waals surface area contributed by atoms with Crippen LogP contribution in [0.4, 0.5) is 0 Å². The molecular formula is C8H11NO2P+. The number of nitrogens with zero attached hydrogens (tertiary/aromatic N) is 1. The van der Waals surface area contributed by atoms with E-state index >= 15 is 0 Å². The minimum atomic E-state index is -3.09. The second-order valence-corrected chi connectivity index (χ2v) is 4.41. The molecule has 3 nitrogen and oxygen atoms in total. The van der Waals surface area contributed by atoms with Crippen molar-refractivity contribution in [1.82, 2.24) is 0 Å². The summed E-state index contributed by atoms with van der Waals surface area (Å²) in [5.41, 5.74) is 0. The lowest BCUT2D eigenvalue weighted by molar-refractivity contribution is 0.484. The molecule has 0 aliphatic heterocycles. The quantitative estimate of drug-likeness (QED) is 0.527. The summed E-state index contributed by atoms with van der Waals surface area (Å²) in [6, 6.07) is 8.71. The molecule has 12 heavy (non-hydrogen) atoms. The van der Waals surface area contributed by atoms with E-state index < -0.39 is 7.72 Å². The van der Waals surface area contributed by atoms with Crippen LogP contribution in [-0.4, -0.2) is 22.8 Å². The lowest BCUT2D eigenvalue weighted by atomic mass is 10.4. The van der Waals surface area contributed by atoms with Gasteiger partial charge in [0, 0.05) is 7.05 Å². The van der Waals surface area contributed by atoms with Gasteiger partial charge in [-0.3, -0.25) is 4.99 Å². The van der Waals surface area contributed by atoms with Crippen LogP contribution in [0.25, 0.3) is 0 Å². The molecule has 1 aromatic rings. The van der Waals surface area contributed by atoms with Gasteiger partial charge in [0.15, 0.2) is 5.30 Å². The molecular weight excluding hydrogens is 173 g/mol. The lowest BCUT2D eigenvalue weighted by Gasteiger charge is -2.04. The summed E-state index contributed by atoms with van der Waals surface area (Å²) in [7, 11) is -1.57. The molecule has 0 atom stereocenters. The predicted molar refractivity (Wildman–Crippen MR) is 51.8 cm³/mol. The Labute approximate surface area is 71.9 Å². The van der Waals surface area contributed by atoms with Crippen molar-refractivity contribution in [3.8, 4) is 0 Å². The third kappa shape index (κ3) is 2.11. The molecule has 0 saturated carbocycles. The van der Waals surface area contributed by atoms with Crippen molar-refractivity contribution in [2.75, 3.05) is 7.05 Å². The van der Waals surface area contributed by atoms with Gasteiger partial charge in [0.2, 0.25) is 5.96 Å². The molecule has 1 rings (SSSR count). The van der Waals surface area contributed by atoms with Crippen LogP contribution in [0.15, 0.2) is 35.3 Å². The number of hydrogen-bond donors (Lipinski definition) is 2. The van der Waals surface area contributed by atoms with E-state index in [0.29, 0.717) is 5.30 Å². The molecule has 0 spiro atoms. The molecule has 0 aromatic heterocycles. The van der Waals surface area contributed by atoms with E-state index in [1.54, 1.807) is 24.3 Å². The number of benzene rings is 1. The monoisotopic (exact) mass is 184 g/mol. The first-order valence-corrected chi connectivity index (χ1v) is 5.26. The molecule has 0 aliphatic rings. The van der Waals surface area contributed by atoms with E-state index in [4.69, 9.17) is 0 Å². The molecule has 0 fully saturated rings. The summed E-state index contributed by atoms with van der Waals surface area (Å²) in [6.45, 7) is 0. The van der Waals surface area contributed by atoms with E-state index in [2.05, 4.69) is 4.99 Å². The highest BCUT2D eigenvalue weighted by atomic mass is 31.2. The summed E-state index contributed by atoms with van der Waals surface area (Å²) >= 11 is 0. The average Bonchev–Trinajstić information content (AvgIpc) is 2.06. The standard InChI is InChI=1S/C8H11NO2P/c1-9-7-12(10,11)8-5-3-2-4-6-8/h2-7,10-11H,1H3/q+1. The Morgan fingerprint density at radius 1 is 1.25 bits per heavy atom. The smallest absolute Gasteiger partial charge is 0.257 e. The van der Waals surface area contributed by atoms with E-state index in [1.807, 2.05) is 6.07 Å². The van der Waals surface area contributed by atoms with E-state index in [9.17, 15) is 9.79 Å². The van der Waals surface area contributed by atoms with Gasteiger partial charge in [-0.1, -0.05) is 18.2 Å². The molecule has 4 heteroatoms. The van der Waals surface area contributed by atoms with Crippen LogP contribution < -0.4 is 5.30 Å². The van der Waals surface area contributed by atoms with Crippen molar-refractivity contribution in [3.63, 3.8) is 0 Å². The van der Waals surface area contributed by atoms with Crippen LogP contribution >= 0.6 is 7.72 Å².